The summed E-state index contributed by atoms with van der Waals surface area (Å²) in [5.41, 5.74) is 2.31. The van der Waals surface area contributed by atoms with E-state index in [0.717, 1.165) is 16.9 Å². The SMILES string of the molecule is COc1ccc(-c2ccn[nH]c2=O)cc1C(C)(C)C. The van der Waals surface area contributed by atoms with E-state index < -0.39 is 0 Å². The maximum absolute atomic E-state index is 11.8. The molecule has 0 bridgehead atoms. The molecule has 0 aliphatic heterocycles. The van der Waals surface area contributed by atoms with Crippen molar-refractivity contribution >= 4 is 0 Å². The van der Waals surface area contributed by atoms with Gasteiger partial charge >= 0.3 is 0 Å². The molecule has 0 spiro atoms. The number of hydrogen-bond acceptors (Lipinski definition) is 3. The number of hydrogen-bond donors (Lipinski definition) is 1. The Kier molecular flexibility index (Phi) is 3.42. The van der Waals surface area contributed by atoms with Crippen molar-refractivity contribution in [2.75, 3.05) is 7.11 Å². The summed E-state index contributed by atoms with van der Waals surface area (Å²) in [5.74, 6) is 0.835. The zero-order valence-electron chi connectivity index (χ0n) is 11.7. The first kappa shape index (κ1) is 13.3. The topological polar surface area (TPSA) is 55.0 Å². The van der Waals surface area contributed by atoms with Crippen LogP contribution in [0.25, 0.3) is 11.1 Å². The van der Waals surface area contributed by atoms with Crippen molar-refractivity contribution in [1.82, 2.24) is 10.2 Å². The first-order chi connectivity index (χ1) is 8.93. The minimum atomic E-state index is -0.187. The van der Waals surface area contributed by atoms with E-state index in [1.54, 1.807) is 19.4 Å². The fourth-order valence-electron chi connectivity index (χ4n) is 2.03. The fraction of sp³-hybridized carbons (Fsp3) is 0.333. The Bertz CT molecular complexity index is 639. The summed E-state index contributed by atoms with van der Waals surface area (Å²) < 4.78 is 5.39. The van der Waals surface area contributed by atoms with Crippen molar-refractivity contribution < 1.29 is 4.74 Å². The summed E-state index contributed by atoms with van der Waals surface area (Å²) in [7, 11) is 1.66. The predicted molar refractivity (Wildman–Crippen MR) is 75.5 cm³/mol. The molecule has 0 fully saturated rings. The normalized spacial score (nSPS) is 11.4. The second kappa shape index (κ2) is 4.88. The van der Waals surface area contributed by atoms with Crippen molar-refractivity contribution in [3.8, 4) is 16.9 Å². The monoisotopic (exact) mass is 258 g/mol. The molecule has 1 aromatic carbocycles. The number of nitrogens with zero attached hydrogens (tertiary/aromatic N) is 1. The third-order valence-corrected chi connectivity index (χ3v) is 3.04. The van der Waals surface area contributed by atoms with E-state index in [1.165, 1.54) is 0 Å². The van der Waals surface area contributed by atoms with Gasteiger partial charge in [0, 0.05) is 17.3 Å². The van der Waals surface area contributed by atoms with Crippen LogP contribution >= 0.6 is 0 Å². The Morgan fingerprint density at radius 3 is 2.53 bits per heavy atom. The quantitative estimate of drug-likeness (QED) is 0.901. The number of ether oxygens (including phenoxy) is 1. The van der Waals surface area contributed by atoms with Crippen molar-refractivity contribution in [3.05, 3.63) is 46.4 Å². The van der Waals surface area contributed by atoms with E-state index >= 15 is 0 Å². The van der Waals surface area contributed by atoms with Crippen LogP contribution in [0.2, 0.25) is 0 Å². The Balaban J connectivity index is 2.62. The molecule has 0 unspecified atom stereocenters. The van der Waals surface area contributed by atoms with E-state index in [9.17, 15) is 4.79 Å². The van der Waals surface area contributed by atoms with Crippen LogP contribution in [-0.4, -0.2) is 17.3 Å². The first-order valence-electron chi connectivity index (χ1n) is 6.16. The van der Waals surface area contributed by atoms with Gasteiger partial charge in [0.25, 0.3) is 5.56 Å². The van der Waals surface area contributed by atoms with Crippen LogP contribution in [-0.2, 0) is 5.41 Å². The van der Waals surface area contributed by atoms with Gasteiger partial charge in [-0.05, 0) is 29.2 Å². The van der Waals surface area contributed by atoms with Gasteiger partial charge < -0.3 is 4.74 Å². The number of aromatic amines is 1. The smallest absolute Gasteiger partial charge is 0.272 e. The Labute approximate surface area is 112 Å². The van der Waals surface area contributed by atoms with Crippen molar-refractivity contribution in [2.24, 2.45) is 0 Å². The average Bonchev–Trinajstić information content (AvgIpc) is 2.37. The molecular formula is C15H18N2O2. The lowest BCUT2D eigenvalue weighted by molar-refractivity contribution is 0.397. The van der Waals surface area contributed by atoms with Gasteiger partial charge in [-0.1, -0.05) is 26.8 Å². The molecule has 1 heterocycles. The van der Waals surface area contributed by atoms with Gasteiger partial charge in [0.2, 0.25) is 0 Å². The van der Waals surface area contributed by atoms with Gasteiger partial charge in [0.15, 0.2) is 0 Å². The lowest BCUT2D eigenvalue weighted by Gasteiger charge is -2.22. The highest BCUT2D eigenvalue weighted by Crippen LogP contribution is 2.34. The molecule has 2 rings (SSSR count). The minimum Gasteiger partial charge on any atom is -0.496 e. The largest absolute Gasteiger partial charge is 0.496 e. The van der Waals surface area contributed by atoms with Crippen molar-refractivity contribution in [2.45, 2.75) is 26.2 Å². The van der Waals surface area contributed by atoms with E-state index in [2.05, 4.69) is 31.0 Å². The molecule has 4 heteroatoms. The van der Waals surface area contributed by atoms with Crippen LogP contribution in [0.3, 0.4) is 0 Å². The number of rotatable bonds is 2. The van der Waals surface area contributed by atoms with E-state index in [-0.39, 0.29) is 11.0 Å². The maximum atomic E-state index is 11.8. The lowest BCUT2D eigenvalue weighted by atomic mass is 9.84. The van der Waals surface area contributed by atoms with Crippen molar-refractivity contribution in [3.63, 3.8) is 0 Å². The summed E-state index contributed by atoms with van der Waals surface area (Å²) in [5, 5.41) is 6.16. The first-order valence-corrected chi connectivity index (χ1v) is 6.16. The summed E-state index contributed by atoms with van der Waals surface area (Å²) in [6.45, 7) is 6.35. The number of aromatic nitrogens is 2. The summed E-state index contributed by atoms with van der Waals surface area (Å²) in [6, 6.07) is 7.50. The second-order valence-corrected chi connectivity index (χ2v) is 5.46. The second-order valence-electron chi connectivity index (χ2n) is 5.46. The molecule has 0 radical (unpaired) electrons. The zero-order chi connectivity index (χ0) is 14.0. The maximum Gasteiger partial charge on any atom is 0.272 e. The molecule has 0 amide bonds. The summed E-state index contributed by atoms with van der Waals surface area (Å²) in [6.07, 6.45) is 1.58. The highest BCUT2D eigenvalue weighted by molar-refractivity contribution is 5.65. The molecule has 2 aromatic rings. The van der Waals surface area contributed by atoms with Gasteiger partial charge in [0.05, 0.1) is 7.11 Å². The van der Waals surface area contributed by atoms with E-state index in [1.807, 2.05) is 18.2 Å². The highest BCUT2D eigenvalue weighted by atomic mass is 16.5. The third kappa shape index (κ3) is 2.67. The van der Waals surface area contributed by atoms with E-state index in [4.69, 9.17) is 4.74 Å². The molecule has 100 valence electrons. The van der Waals surface area contributed by atoms with Gasteiger partial charge in [-0.3, -0.25) is 4.79 Å². The molecule has 0 atom stereocenters. The van der Waals surface area contributed by atoms with Crippen LogP contribution in [0, 0.1) is 0 Å². The standard InChI is InChI=1S/C15H18N2O2/c1-15(2,3)12-9-10(5-6-13(12)19-4)11-7-8-16-17-14(11)18/h5-9H,1-4H3,(H,17,18). The van der Waals surface area contributed by atoms with E-state index in [0.29, 0.717) is 5.56 Å². The fourth-order valence-corrected chi connectivity index (χ4v) is 2.03. The molecule has 0 aliphatic carbocycles. The number of benzene rings is 1. The highest BCUT2D eigenvalue weighted by Gasteiger charge is 2.20. The molecule has 19 heavy (non-hydrogen) atoms. The zero-order valence-corrected chi connectivity index (χ0v) is 11.7. The molecule has 4 nitrogen and oxygen atoms in total. The summed E-state index contributed by atoms with van der Waals surface area (Å²) >= 11 is 0. The van der Waals surface area contributed by atoms with Crippen LogP contribution in [0.5, 0.6) is 5.75 Å². The predicted octanol–water partition coefficient (Wildman–Crippen LogP) is 2.74. The minimum absolute atomic E-state index is 0.0544. The average molecular weight is 258 g/mol. The van der Waals surface area contributed by atoms with Crippen LogP contribution in [0.1, 0.15) is 26.3 Å². The van der Waals surface area contributed by atoms with Gasteiger partial charge in [0.1, 0.15) is 5.75 Å². The number of nitrogens with one attached hydrogen (secondary N) is 1. The van der Waals surface area contributed by atoms with Crippen LogP contribution in [0.15, 0.2) is 35.3 Å². The Morgan fingerprint density at radius 2 is 1.95 bits per heavy atom. The van der Waals surface area contributed by atoms with Crippen molar-refractivity contribution in [1.29, 1.82) is 0 Å². The molecular weight excluding hydrogens is 240 g/mol. The van der Waals surface area contributed by atoms with Gasteiger partial charge in [-0.2, -0.15) is 5.10 Å². The molecule has 0 saturated heterocycles. The number of H-pyrrole nitrogens is 1. The Hall–Kier alpha value is -2.10. The molecule has 0 aliphatic rings. The van der Waals surface area contributed by atoms with Gasteiger partial charge in [-0.15, -0.1) is 0 Å². The third-order valence-electron chi connectivity index (χ3n) is 3.04. The summed E-state index contributed by atoms with van der Waals surface area (Å²) in [4.78, 5) is 11.8. The molecule has 1 N–H and O–H groups in total. The lowest BCUT2D eigenvalue weighted by Crippen LogP contribution is -2.14. The van der Waals surface area contributed by atoms with Crippen LogP contribution in [0.4, 0.5) is 0 Å². The van der Waals surface area contributed by atoms with Gasteiger partial charge in [-0.25, -0.2) is 5.10 Å². The number of methoxy groups -OCH3 is 1. The van der Waals surface area contributed by atoms with Crippen LogP contribution < -0.4 is 10.3 Å². The molecule has 1 aromatic heterocycles. The molecule has 0 saturated carbocycles. The Morgan fingerprint density at radius 1 is 1.21 bits per heavy atom.